The van der Waals surface area contributed by atoms with Crippen LogP contribution in [0.1, 0.15) is 11.4 Å². The third-order valence-electron chi connectivity index (χ3n) is 3.24. The molecule has 22 heavy (non-hydrogen) atoms. The second-order valence-electron chi connectivity index (χ2n) is 5.08. The molecule has 0 saturated carbocycles. The molecule has 0 spiro atoms. The highest BCUT2D eigenvalue weighted by atomic mass is 35.5. The Morgan fingerprint density at radius 1 is 1.41 bits per heavy atom. The molecule has 2 heterocycles. The lowest BCUT2D eigenvalue weighted by Gasteiger charge is -2.29. The van der Waals surface area contributed by atoms with Crippen LogP contribution in [0.4, 0.5) is 13.2 Å². The Labute approximate surface area is 132 Å². The molecule has 1 fully saturated rings. The molecule has 2 rings (SSSR count). The summed E-state index contributed by atoms with van der Waals surface area (Å²) in [6, 6.07) is 0.964. The van der Waals surface area contributed by atoms with E-state index in [1.165, 1.54) is 0 Å². The molecule has 6 nitrogen and oxygen atoms in total. The van der Waals surface area contributed by atoms with Gasteiger partial charge in [-0.05, 0) is 13.1 Å². The van der Waals surface area contributed by atoms with Crippen molar-refractivity contribution in [3.05, 3.63) is 17.5 Å². The van der Waals surface area contributed by atoms with E-state index in [0.29, 0.717) is 18.8 Å². The van der Waals surface area contributed by atoms with Crippen LogP contribution in [-0.2, 0) is 17.5 Å². The quantitative estimate of drug-likeness (QED) is 0.847. The van der Waals surface area contributed by atoms with Crippen molar-refractivity contribution in [2.24, 2.45) is 0 Å². The molecule has 0 bridgehead atoms. The molecule has 0 unspecified atom stereocenters. The van der Waals surface area contributed by atoms with Crippen molar-refractivity contribution in [2.45, 2.75) is 12.7 Å². The van der Waals surface area contributed by atoms with E-state index in [0.717, 1.165) is 19.2 Å². The summed E-state index contributed by atoms with van der Waals surface area (Å²) in [4.78, 5) is 15.4. The third-order valence-corrected chi connectivity index (χ3v) is 3.24. The van der Waals surface area contributed by atoms with Crippen LogP contribution in [0.25, 0.3) is 0 Å². The molecule has 0 aliphatic carbocycles. The maximum atomic E-state index is 12.4. The number of amides is 1. The Morgan fingerprint density at radius 2 is 2.05 bits per heavy atom. The normalized spacial score (nSPS) is 15.8. The number of hydrogen-bond donors (Lipinski definition) is 2. The highest BCUT2D eigenvalue weighted by Crippen LogP contribution is 2.27. The van der Waals surface area contributed by atoms with Crippen molar-refractivity contribution < 1.29 is 18.0 Å². The van der Waals surface area contributed by atoms with Crippen molar-refractivity contribution in [3.63, 3.8) is 0 Å². The number of rotatable bonds is 4. The number of carbonyl (C=O) groups excluding carboxylic acids is 1. The number of aromatic amines is 1. The molecular formula is C12H19ClF3N5O. The summed E-state index contributed by atoms with van der Waals surface area (Å²) in [5, 5.41) is 8.73. The smallest absolute Gasteiger partial charge is 0.339 e. The van der Waals surface area contributed by atoms with Gasteiger partial charge in [0.1, 0.15) is 0 Å². The fourth-order valence-electron chi connectivity index (χ4n) is 2.18. The first-order valence-electron chi connectivity index (χ1n) is 6.65. The summed E-state index contributed by atoms with van der Waals surface area (Å²) < 4.78 is 37.3. The Balaban J connectivity index is 0.00000242. The van der Waals surface area contributed by atoms with Gasteiger partial charge in [-0.15, -0.1) is 12.4 Å². The van der Waals surface area contributed by atoms with E-state index in [4.69, 9.17) is 0 Å². The monoisotopic (exact) mass is 341 g/mol. The fourth-order valence-corrected chi connectivity index (χ4v) is 2.18. The van der Waals surface area contributed by atoms with Gasteiger partial charge >= 0.3 is 6.18 Å². The molecule has 0 aromatic carbocycles. The van der Waals surface area contributed by atoms with Gasteiger partial charge in [0.2, 0.25) is 5.91 Å². The molecule has 1 aliphatic rings. The number of H-pyrrole nitrogens is 1. The molecule has 0 atom stereocenters. The number of aromatic nitrogens is 2. The van der Waals surface area contributed by atoms with E-state index >= 15 is 0 Å². The summed E-state index contributed by atoms with van der Waals surface area (Å²) in [6.07, 6.45) is -4.45. The first kappa shape index (κ1) is 18.7. The molecule has 1 saturated heterocycles. The summed E-state index contributed by atoms with van der Waals surface area (Å²) in [5.41, 5.74) is -0.614. The fraction of sp³-hybridized carbons (Fsp3) is 0.667. The molecule has 1 aliphatic heterocycles. The third kappa shape index (κ3) is 5.15. The standard InChI is InChI=1S/C12H18F3N5O.ClH/c1-19(8-11(21)20-4-2-16-3-5-20)7-9-6-10(18-17-9)12(13,14)15;/h6,16H,2-5,7-8H2,1H3,(H,17,18);1H. The molecule has 126 valence electrons. The van der Waals surface area contributed by atoms with Crippen molar-refractivity contribution in [3.8, 4) is 0 Å². The van der Waals surface area contributed by atoms with Gasteiger partial charge in [0.15, 0.2) is 5.69 Å². The maximum absolute atomic E-state index is 12.4. The lowest BCUT2D eigenvalue weighted by atomic mass is 10.3. The number of nitrogens with zero attached hydrogens (tertiary/aromatic N) is 3. The maximum Gasteiger partial charge on any atom is 0.435 e. The molecular weight excluding hydrogens is 323 g/mol. The van der Waals surface area contributed by atoms with Gasteiger partial charge in [-0.25, -0.2) is 0 Å². The number of hydrogen-bond acceptors (Lipinski definition) is 4. The second kappa shape index (κ2) is 7.80. The Bertz CT molecular complexity index is 487. The average molecular weight is 342 g/mol. The Hall–Kier alpha value is -1.32. The van der Waals surface area contributed by atoms with Gasteiger partial charge in [0.05, 0.1) is 6.54 Å². The van der Waals surface area contributed by atoms with Crippen LogP contribution in [0.15, 0.2) is 6.07 Å². The van der Waals surface area contributed by atoms with Crippen LogP contribution in [0.2, 0.25) is 0 Å². The molecule has 10 heteroatoms. The SMILES string of the molecule is CN(CC(=O)N1CCNCC1)Cc1cc(C(F)(F)F)n[nH]1.Cl. The number of alkyl halides is 3. The number of likely N-dealkylation sites (N-methyl/N-ethyl adjacent to an activating group) is 1. The van der Waals surface area contributed by atoms with Crippen LogP contribution < -0.4 is 5.32 Å². The van der Waals surface area contributed by atoms with Crippen LogP contribution in [-0.4, -0.2) is 65.7 Å². The van der Waals surface area contributed by atoms with Crippen LogP contribution in [0.5, 0.6) is 0 Å². The van der Waals surface area contributed by atoms with E-state index in [1.807, 2.05) is 0 Å². The Kier molecular flexibility index (Phi) is 6.64. The van der Waals surface area contributed by atoms with Gasteiger partial charge in [0.25, 0.3) is 0 Å². The molecule has 2 N–H and O–H groups in total. The van der Waals surface area contributed by atoms with Gasteiger partial charge in [-0.1, -0.05) is 0 Å². The van der Waals surface area contributed by atoms with E-state index in [2.05, 4.69) is 15.5 Å². The number of halogens is 4. The zero-order chi connectivity index (χ0) is 15.5. The van der Waals surface area contributed by atoms with Gasteiger partial charge < -0.3 is 10.2 Å². The lowest BCUT2D eigenvalue weighted by Crippen LogP contribution is -2.49. The van der Waals surface area contributed by atoms with Crippen LogP contribution >= 0.6 is 12.4 Å². The molecule has 1 aromatic rings. The summed E-state index contributed by atoms with van der Waals surface area (Å²) in [5.74, 6) is -0.0189. The average Bonchev–Trinajstić information content (AvgIpc) is 2.88. The topological polar surface area (TPSA) is 64.3 Å². The second-order valence-corrected chi connectivity index (χ2v) is 5.08. The summed E-state index contributed by atoms with van der Waals surface area (Å²) in [7, 11) is 1.69. The van der Waals surface area contributed by atoms with Gasteiger partial charge in [-0.3, -0.25) is 14.8 Å². The van der Waals surface area contributed by atoms with Crippen molar-refractivity contribution >= 4 is 18.3 Å². The first-order valence-corrected chi connectivity index (χ1v) is 6.65. The van der Waals surface area contributed by atoms with Crippen molar-refractivity contribution in [1.29, 1.82) is 0 Å². The van der Waals surface area contributed by atoms with E-state index in [1.54, 1.807) is 16.8 Å². The van der Waals surface area contributed by atoms with Gasteiger partial charge in [-0.2, -0.15) is 18.3 Å². The summed E-state index contributed by atoms with van der Waals surface area (Å²) in [6.45, 7) is 3.24. The minimum atomic E-state index is -4.45. The van der Waals surface area contributed by atoms with Crippen LogP contribution in [0, 0.1) is 0 Å². The van der Waals surface area contributed by atoms with E-state index < -0.39 is 11.9 Å². The zero-order valence-corrected chi connectivity index (χ0v) is 12.9. The predicted molar refractivity (Wildman–Crippen MR) is 76.6 cm³/mol. The Morgan fingerprint density at radius 3 is 2.59 bits per heavy atom. The number of piperazine rings is 1. The first-order chi connectivity index (χ1) is 9.86. The van der Waals surface area contributed by atoms with Crippen molar-refractivity contribution in [1.82, 2.24) is 25.3 Å². The van der Waals surface area contributed by atoms with E-state index in [-0.39, 0.29) is 31.4 Å². The zero-order valence-electron chi connectivity index (χ0n) is 12.1. The van der Waals surface area contributed by atoms with Gasteiger partial charge in [0, 0.05) is 38.4 Å². The summed E-state index contributed by atoms with van der Waals surface area (Å²) >= 11 is 0. The molecule has 0 radical (unpaired) electrons. The number of nitrogens with one attached hydrogen (secondary N) is 2. The van der Waals surface area contributed by atoms with E-state index in [9.17, 15) is 18.0 Å². The minimum absolute atomic E-state index is 0. The molecule has 1 aromatic heterocycles. The number of carbonyl (C=O) groups is 1. The highest BCUT2D eigenvalue weighted by Gasteiger charge is 2.33. The van der Waals surface area contributed by atoms with Crippen LogP contribution in [0.3, 0.4) is 0 Å². The highest BCUT2D eigenvalue weighted by molar-refractivity contribution is 5.85. The van der Waals surface area contributed by atoms with Crippen molar-refractivity contribution in [2.75, 3.05) is 39.8 Å². The minimum Gasteiger partial charge on any atom is -0.339 e. The predicted octanol–water partition coefficient (Wildman–Crippen LogP) is 0.714. The molecule has 1 amide bonds. The lowest BCUT2D eigenvalue weighted by molar-refractivity contribution is -0.141. The largest absolute Gasteiger partial charge is 0.435 e.